The number of nitrogens with zero attached hydrogens (tertiary/aromatic N) is 5. The molecule has 8 heteroatoms. The zero-order chi connectivity index (χ0) is 15.6. The van der Waals surface area contributed by atoms with Crippen LogP contribution in [0, 0.1) is 5.82 Å². The first-order valence-corrected chi connectivity index (χ1v) is 8.60. The molecule has 0 aliphatic rings. The predicted octanol–water partition coefficient (Wildman–Crippen LogP) is 3.71. The molecule has 0 atom stereocenters. The van der Waals surface area contributed by atoms with Crippen LogP contribution in [0.2, 0.25) is 0 Å². The summed E-state index contributed by atoms with van der Waals surface area (Å²) in [5.41, 5.74) is 3.02. The maximum atomic E-state index is 13.9. The van der Waals surface area contributed by atoms with E-state index in [9.17, 15) is 4.39 Å². The van der Waals surface area contributed by atoms with E-state index in [0.29, 0.717) is 17.2 Å². The van der Waals surface area contributed by atoms with E-state index in [-0.39, 0.29) is 12.4 Å². The molecule has 0 aliphatic carbocycles. The fraction of sp³-hybridized carbons (Fsp3) is 0.0667. The molecule has 3 heterocycles. The molecule has 4 rings (SSSR count). The van der Waals surface area contributed by atoms with Crippen LogP contribution in [0.3, 0.4) is 0 Å². The molecule has 114 valence electrons. The highest BCUT2D eigenvalue weighted by atomic mass is 32.1. The lowest BCUT2D eigenvalue weighted by Gasteiger charge is -2.05. The molecule has 0 saturated carbocycles. The highest BCUT2D eigenvalue weighted by Crippen LogP contribution is 2.24. The van der Waals surface area contributed by atoms with Crippen molar-refractivity contribution >= 4 is 22.7 Å². The van der Waals surface area contributed by atoms with Gasteiger partial charge in [0.15, 0.2) is 10.8 Å². The SMILES string of the molecule is Fc1ccccc1Cn1nc(-c2nccs2)nc1-c1cscn1. The lowest BCUT2D eigenvalue weighted by Crippen LogP contribution is -2.06. The normalized spacial score (nSPS) is 11.0. The summed E-state index contributed by atoms with van der Waals surface area (Å²) in [6, 6.07) is 6.66. The van der Waals surface area contributed by atoms with Crippen LogP contribution in [0.15, 0.2) is 46.7 Å². The fourth-order valence-electron chi connectivity index (χ4n) is 2.18. The first-order valence-electron chi connectivity index (χ1n) is 6.78. The van der Waals surface area contributed by atoms with Crippen LogP contribution < -0.4 is 0 Å². The Morgan fingerprint density at radius 2 is 2.09 bits per heavy atom. The molecule has 0 aliphatic heterocycles. The van der Waals surface area contributed by atoms with Gasteiger partial charge in [-0.25, -0.2) is 24.0 Å². The molecule has 23 heavy (non-hydrogen) atoms. The van der Waals surface area contributed by atoms with Crippen molar-refractivity contribution in [2.75, 3.05) is 0 Å². The van der Waals surface area contributed by atoms with Crippen LogP contribution in [0.4, 0.5) is 4.39 Å². The number of benzene rings is 1. The van der Waals surface area contributed by atoms with Crippen LogP contribution in [0.1, 0.15) is 5.56 Å². The lowest BCUT2D eigenvalue weighted by atomic mass is 10.2. The van der Waals surface area contributed by atoms with E-state index in [1.54, 1.807) is 34.6 Å². The van der Waals surface area contributed by atoms with Crippen molar-refractivity contribution in [2.45, 2.75) is 6.54 Å². The van der Waals surface area contributed by atoms with Gasteiger partial charge in [-0.05, 0) is 6.07 Å². The Hall–Kier alpha value is -2.45. The minimum atomic E-state index is -0.261. The second kappa shape index (κ2) is 5.98. The largest absolute Gasteiger partial charge is 0.241 e. The smallest absolute Gasteiger partial charge is 0.210 e. The predicted molar refractivity (Wildman–Crippen MR) is 87.7 cm³/mol. The molecule has 0 N–H and O–H groups in total. The fourth-order valence-corrected chi connectivity index (χ4v) is 3.27. The summed E-state index contributed by atoms with van der Waals surface area (Å²) in [6.07, 6.45) is 1.71. The van der Waals surface area contributed by atoms with E-state index in [1.807, 2.05) is 10.8 Å². The van der Waals surface area contributed by atoms with E-state index in [4.69, 9.17) is 0 Å². The third-order valence-corrected chi connectivity index (χ3v) is 4.59. The highest BCUT2D eigenvalue weighted by molar-refractivity contribution is 7.13. The number of halogens is 1. The molecule has 0 saturated heterocycles. The van der Waals surface area contributed by atoms with Crippen LogP contribution in [-0.2, 0) is 6.54 Å². The summed E-state index contributed by atoms with van der Waals surface area (Å²) in [6.45, 7) is 0.290. The van der Waals surface area contributed by atoms with Crippen molar-refractivity contribution < 1.29 is 4.39 Å². The first-order chi connectivity index (χ1) is 11.3. The zero-order valence-electron chi connectivity index (χ0n) is 11.8. The molecule has 0 fully saturated rings. The molecular weight excluding hydrogens is 333 g/mol. The van der Waals surface area contributed by atoms with Crippen molar-refractivity contribution in [1.82, 2.24) is 24.7 Å². The van der Waals surface area contributed by atoms with Crippen LogP contribution in [0.25, 0.3) is 22.4 Å². The quantitative estimate of drug-likeness (QED) is 0.567. The van der Waals surface area contributed by atoms with Gasteiger partial charge >= 0.3 is 0 Å². The first kappa shape index (κ1) is 14.2. The second-order valence-electron chi connectivity index (χ2n) is 4.72. The van der Waals surface area contributed by atoms with E-state index in [1.165, 1.54) is 28.7 Å². The van der Waals surface area contributed by atoms with Crippen molar-refractivity contribution in [3.63, 3.8) is 0 Å². The molecule has 1 aromatic carbocycles. The van der Waals surface area contributed by atoms with Crippen molar-refractivity contribution in [3.8, 4) is 22.4 Å². The van der Waals surface area contributed by atoms with E-state index < -0.39 is 0 Å². The summed E-state index contributed by atoms with van der Waals surface area (Å²) in [5.74, 6) is 0.877. The zero-order valence-corrected chi connectivity index (χ0v) is 13.4. The van der Waals surface area contributed by atoms with Crippen LogP contribution in [0.5, 0.6) is 0 Å². The van der Waals surface area contributed by atoms with E-state index in [2.05, 4.69) is 20.1 Å². The molecule has 0 radical (unpaired) electrons. The van der Waals surface area contributed by atoms with Crippen molar-refractivity contribution in [1.29, 1.82) is 0 Å². The third kappa shape index (κ3) is 2.78. The van der Waals surface area contributed by atoms with Crippen molar-refractivity contribution in [3.05, 3.63) is 58.1 Å². The van der Waals surface area contributed by atoms with Gasteiger partial charge in [0.2, 0.25) is 5.82 Å². The highest BCUT2D eigenvalue weighted by Gasteiger charge is 2.17. The summed E-state index contributed by atoms with van der Waals surface area (Å²) in [4.78, 5) is 13.1. The second-order valence-corrected chi connectivity index (χ2v) is 6.33. The average molecular weight is 343 g/mol. The number of hydrogen-bond acceptors (Lipinski definition) is 6. The van der Waals surface area contributed by atoms with Gasteiger partial charge in [0.25, 0.3) is 0 Å². The number of aromatic nitrogens is 5. The van der Waals surface area contributed by atoms with Crippen molar-refractivity contribution in [2.24, 2.45) is 0 Å². The van der Waals surface area contributed by atoms with Gasteiger partial charge in [0.05, 0.1) is 12.1 Å². The Labute approximate surface area is 139 Å². The lowest BCUT2D eigenvalue weighted by molar-refractivity contribution is 0.587. The molecule has 5 nitrogen and oxygen atoms in total. The molecule has 0 bridgehead atoms. The maximum Gasteiger partial charge on any atom is 0.210 e. The summed E-state index contributed by atoms with van der Waals surface area (Å²) in [7, 11) is 0. The average Bonchev–Trinajstić information content (AvgIpc) is 3.30. The number of rotatable bonds is 4. The van der Waals surface area contributed by atoms with Crippen LogP contribution in [-0.4, -0.2) is 24.7 Å². The molecule has 0 spiro atoms. The Kier molecular flexibility index (Phi) is 3.68. The van der Waals surface area contributed by atoms with Crippen LogP contribution >= 0.6 is 22.7 Å². The molecular formula is C15H10FN5S2. The Balaban J connectivity index is 1.79. The minimum Gasteiger partial charge on any atom is -0.241 e. The monoisotopic (exact) mass is 343 g/mol. The summed E-state index contributed by atoms with van der Waals surface area (Å²) >= 11 is 2.94. The van der Waals surface area contributed by atoms with E-state index >= 15 is 0 Å². The summed E-state index contributed by atoms with van der Waals surface area (Å²) in [5, 5.41) is 8.99. The maximum absolute atomic E-state index is 13.9. The Bertz CT molecular complexity index is 915. The third-order valence-electron chi connectivity index (χ3n) is 3.23. The number of thiazole rings is 2. The Morgan fingerprint density at radius 3 is 2.83 bits per heavy atom. The van der Waals surface area contributed by atoms with Gasteiger partial charge < -0.3 is 0 Å². The molecule has 0 unspecified atom stereocenters. The van der Waals surface area contributed by atoms with Gasteiger partial charge in [-0.2, -0.15) is 0 Å². The van der Waals surface area contributed by atoms with Gasteiger partial charge in [-0.1, -0.05) is 18.2 Å². The number of hydrogen-bond donors (Lipinski definition) is 0. The molecule has 4 aromatic rings. The van der Waals surface area contributed by atoms with Gasteiger partial charge in [-0.3, -0.25) is 0 Å². The van der Waals surface area contributed by atoms with Gasteiger partial charge in [0.1, 0.15) is 11.5 Å². The molecule has 3 aromatic heterocycles. The topological polar surface area (TPSA) is 56.5 Å². The van der Waals surface area contributed by atoms with Gasteiger partial charge in [0, 0.05) is 22.5 Å². The Morgan fingerprint density at radius 1 is 1.17 bits per heavy atom. The minimum absolute atomic E-state index is 0.261. The summed E-state index contributed by atoms with van der Waals surface area (Å²) < 4.78 is 15.6. The van der Waals surface area contributed by atoms with Gasteiger partial charge in [-0.15, -0.1) is 27.8 Å². The standard InChI is InChI=1S/C15H10FN5S2/c16-11-4-2-1-3-10(11)7-21-14(12-8-22-9-18-12)19-13(20-21)15-17-5-6-23-15/h1-6,8-9H,7H2. The molecule has 0 amide bonds. The van der Waals surface area contributed by atoms with E-state index in [0.717, 1.165) is 10.7 Å².